The molecule has 0 N–H and O–H groups in total. The Hall–Kier alpha value is -0.993. The molecule has 0 heterocycles. The number of hydrogen-bond acceptors (Lipinski definition) is 1. The van der Waals surface area contributed by atoms with Crippen LogP contribution in [-0.2, 0) is 0 Å². The highest BCUT2D eigenvalue weighted by Gasteiger charge is 2.16. The van der Waals surface area contributed by atoms with Crippen LogP contribution in [0.25, 0.3) is 0 Å². The lowest BCUT2D eigenvalue weighted by Gasteiger charge is -2.17. The van der Waals surface area contributed by atoms with Gasteiger partial charge in [-0.2, -0.15) is 11.8 Å². The van der Waals surface area contributed by atoms with E-state index in [-0.39, 0.29) is 0 Å². The summed E-state index contributed by atoms with van der Waals surface area (Å²) in [6, 6.07) is 22.4. The SMILES string of the molecule is CC(C)CCCC(C)CCSC[SiH](c1ccccc1)c1ccccc1. The minimum Gasteiger partial charge on any atom is -0.165 e. The Labute approximate surface area is 161 Å². The highest BCUT2D eigenvalue weighted by atomic mass is 32.2. The fourth-order valence-electron chi connectivity index (χ4n) is 3.26. The molecule has 1 unspecified atom stereocenters. The first kappa shape index (κ1) is 20.3. The highest BCUT2D eigenvalue weighted by Crippen LogP contribution is 2.18. The maximum atomic E-state index is 2.43. The lowest BCUT2D eigenvalue weighted by Crippen LogP contribution is -2.44. The molecule has 2 aromatic rings. The second-order valence-electron chi connectivity index (χ2n) is 7.67. The summed E-state index contributed by atoms with van der Waals surface area (Å²) >= 11 is 2.18. The Kier molecular flexibility index (Phi) is 9.42. The molecule has 0 amide bonds. The van der Waals surface area contributed by atoms with Gasteiger partial charge in [-0.3, -0.25) is 0 Å². The monoisotopic (exact) mass is 370 g/mol. The fraction of sp³-hybridized carbons (Fsp3) is 0.478. The van der Waals surface area contributed by atoms with Gasteiger partial charge in [-0.1, -0.05) is 111 Å². The summed E-state index contributed by atoms with van der Waals surface area (Å²) in [5.41, 5.74) is 0. The molecular weight excluding hydrogens is 336 g/mol. The van der Waals surface area contributed by atoms with E-state index in [1.165, 1.54) is 36.8 Å². The van der Waals surface area contributed by atoms with Gasteiger partial charge in [0.2, 0.25) is 0 Å². The lowest BCUT2D eigenvalue weighted by atomic mass is 9.98. The Morgan fingerprint density at radius 3 is 1.84 bits per heavy atom. The maximum absolute atomic E-state index is 2.43. The van der Waals surface area contributed by atoms with Gasteiger partial charge < -0.3 is 0 Å². The molecule has 0 aliphatic heterocycles. The fourth-order valence-corrected chi connectivity index (χ4v) is 8.74. The molecule has 0 nitrogen and oxygen atoms in total. The van der Waals surface area contributed by atoms with Crippen molar-refractivity contribution in [3.63, 3.8) is 0 Å². The Morgan fingerprint density at radius 1 is 0.760 bits per heavy atom. The first-order valence-electron chi connectivity index (χ1n) is 9.84. The summed E-state index contributed by atoms with van der Waals surface area (Å²) in [4.78, 5) is 0. The van der Waals surface area contributed by atoms with Crippen LogP contribution >= 0.6 is 11.8 Å². The number of hydrogen-bond donors (Lipinski definition) is 0. The number of benzene rings is 2. The minimum atomic E-state index is -1.09. The molecule has 0 aliphatic carbocycles. The predicted octanol–water partition coefficient (Wildman–Crippen LogP) is 5.15. The molecule has 0 fully saturated rings. The summed E-state index contributed by atoms with van der Waals surface area (Å²) in [6.07, 6.45) is 5.55. The third-order valence-electron chi connectivity index (χ3n) is 4.92. The zero-order valence-electron chi connectivity index (χ0n) is 16.2. The lowest BCUT2D eigenvalue weighted by molar-refractivity contribution is 0.451. The van der Waals surface area contributed by atoms with Gasteiger partial charge in [0.05, 0.1) is 0 Å². The van der Waals surface area contributed by atoms with Gasteiger partial charge in [0.1, 0.15) is 8.80 Å². The van der Waals surface area contributed by atoms with E-state index in [1.54, 1.807) is 10.4 Å². The zero-order chi connectivity index (χ0) is 17.9. The molecule has 25 heavy (non-hydrogen) atoms. The molecule has 0 aromatic heterocycles. The predicted molar refractivity (Wildman–Crippen MR) is 119 cm³/mol. The third kappa shape index (κ3) is 7.83. The van der Waals surface area contributed by atoms with Crippen molar-refractivity contribution in [3.8, 4) is 0 Å². The van der Waals surface area contributed by atoms with Gasteiger partial charge in [-0.05, 0) is 29.4 Å². The zero-order valence-corrected chi connectivity index (χ0v) is 18.1. The van der Waals surface area contributed by atoms with E-state index < -0.39 is 8.80 Å². The van der Waals surface area contributed by atoms with Crippen LogP contribution in [0.2, 0.25) is 0 Å². The Bertz CT molecular complexity index is 528. The van der Waals surface area contributed by atoms with E-state index in [1.807, 2.05) is 0 Å². The van der Waals surface area contributed by atoms with Crippen LogP contribution in [0.3, 0.4) is 0 Å². The number of thioether (sulfide) groups is 1. The molecule has 2 rings (SSSR count). The van der Waals surface area contributed by atoms with E-state index in [9.17, 15) is 0 Å². The van der Waals surface area contributed by atoms with Crippen molar-refractivity contribution < 1.29 is 0 Å². The van der Waals surface area contributed by atoms with E-state index in [4.69, 9.17) is 0 Å². The summed E-state index contributed by atoms with van der Waals surface area (Å²) in [6.45, 7) is 7.10. The molecule has 0 aliphatic rings. The molecule has 0 saturated carbocycles. The van der Waals surface area contributed by atoms with Crippen molar-refractivity contribution in [2.75, 3.05) is 11.1 Å². The van der Waals surface area contributed by atoms with Crippen LogP contribution in [0, 0.1) is 11.8 Å². The summed E-state index contributed by atoms with van der Waals surface area (Å²) in [7, 11) is -1.09. The molecule has 1 atom stereocenters. The van der Waals surface area contributed by atoms with Gasteiger partial charge in [-0.15, -0.1) is 0 Å². The maximum Gasteiger partial charge on any atom is 0.112 e. The van der Waals surface area contributed by atoms with Crippen LogP contribution in [0.4, 0.5) is 0 Å². The van der Waals surface area contributed by atoms with Gasteiger partial charge in [-0.25, -0.2) is 0 Å². The highest BCUT2D eigenvalue weighted by molar-refractivity contribution is 8.00. The standard InChI is InChI=1S/C23H34SSi/c1-20(2)11-10-12-21(3)17-18-24-19-25(22-13-6-4-7-14-22)23-15-8-5-9-16-23/h4-9,13-16,20-21,25H,10-12,17-19H2,1-3H3. The van der Waals surface area contributed by atoms with E-state index in [0.717, 1.165) is 11.8 Å². The molecule has 0 radical (unpaired) electrons. The van der Waals surface area contributed by atoms with Gasteiger partial charge in [0.15, 0.2) is 0 Å². The average molecular weight is 371 g/mol. The van der Waals surface area contributed by atoms with E-state index in [2.05, 4.69) is 93.2 Å². The minimum absolute atomic E-state index is 0.852. The number of rotatable bonds is 11. The summed E-state index contributed by atoms with van der Waals surface area (Å²) < 4.78 is 0. The summed E-state index contributed by atoms with van der Waals surface area (Å²) in [5, 5.41) is 4.46. The smallest absolute Gasteiger partial charge is 0.112 e. The van der Waals surface area contributed by atoms with Crippen LogP contribution in [0.5, 0.6) is 0 Å². The molecular formula is C23H34SSi. The van der Waals surface area contributed by atoms with Crippen molar-refractivity contribution in [1.82, 2.24) is 0 Å². The van der Waals surface area contributed by atoms with Crippen LogP contribution in [-0.4, -0.2) is 19.9 Å². The Balaban J connectivity index is 1.81. The molecule has 0 bridgehead atoms. The van der Waals surface area contributed by atoms with Gasteiger partial charge in [0, 0.05) is 0 Å². The Morgan fingerprint density at radius 2 is 1.32 bits per heavy atom. The largest absolute Gasteiger partial charge is 0.165 e. The second kappa shape index (κ2) is 11.6. The summed E-state index contributed by atoms with van der Waals surface area (Å²) in [5.74, 6) is 3.04. The van der Waals surface area contributed by atoms with Gasteiger partial charge >= 0.3 is 0 Å². The van der Waals surface area contributed by atoms with E-state index >= 15 is 0 Å². The molecule has 2 heteroatoms. The second-order valence-corrected chi connectivity index (χ2v) is 12.3. The molecule has 2 aromatic carbocycles. The molecule has 0 spiro atoms. The van der Waals surface area contributed by atoms with Crippen molar-refractivity contribution in [2.45, 2.75) is 46.5 Å². The van der Waals surface area contributed by atoms with Crippen molar-refractivity contribution in [2.24, 2.45) is 11.8 Å². The van der Waals surface area contributed by atoms with Crippen LogP contribution in [0.15, 0.2) is 60.7 Å². The molecule has 136 valence electrons. The quantitative estimate of drug-likeness (QED) is 0.389. The van der Waals surface area contributed by atoms with Crippen LogP contribution in [0.1, 0.15) is 46.5 Å². The van der Waals surface area contributed by atoms with Crippen molar-refractivity contribution in [1.29, 1.82) is 0 Å². The topological polar surface area (TPSA) is 0 Å². The molecule has 0 saturated heterocycles. The van der Waals surface area contributed by atoms with Crippen LogP contribution < -0.4 is 10.4 Å². The van der Waals surface area contributed by atoms with Crippen molar-refractivity contribution >= 4 is 30.9 Å². The first-order chi connectivity index (χ1) is 12.2. The van der Waals surface area contributed by atoms with Crippen molar-refractivity contribution in [3.05, 3.63) is 60.7 Å². The third-order valence-corrected chi connectivity index (χ3v) is 10.1. The normalized spacial score (nSPS) is 12.7. The average Bonchev–Trinajstić information content (AvgIpc) is 2.63. The van der Waals surface area contributed by atoms with E-state index in [0.29, 0.717) is 0 Å². The first-order valence-corrected chi connectivity index (χ1v) is 13.0. The van der Waals surface area contributed by atoms with Gasteiger partial charge in [0.25, 0.3) is 0 Å².